The number of hydrogen-bond acceptors (Lipinski definition) is 10. The van der Waals surface area contributed by atoms with Gasteiger partial charge in [0.1, 0.15) is 5.82 Å². The molecule has 5 heterocycles. The molecule has 35 heavy (non-hydrogen) atoms. The lowest BCUT2D eigenvalue weighted by Gasteiger charge is -2.39. The zero-order valence-electron chi connectivity index (χ0n) is 19.5. The predicted molar refractivity (Wildman–Crippen MR) is 136 cm³/mol. The van der Waals surface area contributed by atoms with Crippen molar-refractivity contribution in [3.05, 3.63) is 60.4 Å². The van der Waals surface area contributed by atoms with E-state index in [0.717, 1.165) is 60.6 Å². The van der Waals surface area contributed by atoms with Gasteiger partial charge in [0, 0.05) is 48.7 Å². The first-order valence-electron chi connectivity index (χ1n) is 11.8. The topological polar surface area (TPSA) is 120 Å². The van der Waals surface area contributed by atoms with E-state index in [1.807, 2.05) is 42.4 Å². The van der Waals surface area contributed by atoms with Gasteiger partial charge in [0.2, 0.25) is 5.95 Å². The fourth-order valence-electron chi connectivity index (χ4n) is 4.85. The summed E-state index contributed by atoms with van der Waals surface area (Å²) in [4.78, 5) is 24.6. The molecule has 1 saturated heterocycles. The lowest BCUT2D eigenvalue weighted by atomic mass is 9.64. The van der Waals surface area contributed by atoms with Crippen molar-refractivity contribution in [1.29, 1.82) is 0 Å². The molecule has 1 atom stereocenters. The van der Waals surface area contributed by atoms with Gasteiger partial charge in [-0.05, 0) is 49.3 Å². The molecule has 9 nitrogen and oxygen atoms in total. The van der Waals surface area contributed by atoms with Crippen LogP contribution in [0.25, 0.3) is 22.7 Å². The molecule has 6 rings (SSSR count). The van der Waals surface area contributed by atoms with E-state index in [2.05, 4.69) is 42.3 Å². The van der Waals surface area contributed by atoms with Gasteiger partial charge >= 0.3 is 0 Å². The average molecular weight is 487 g/mol. The lowest BCUT2D eigenvalue weighted by molar-refractivity contribution is 0.272. The molecule has 178 valence electrons. The van der Waals surface area contributed by atoms with E-state index in [1.165, 1.54) is 6.42 Å². The number of nitrogens with two attached hydrogens (primary N) is 1. The lowest BCUT2D eigenvalue weighted by Crippen LogP contribution is -2.36. The molecule has 1 saturated carbocycles. The third kappa shape index (κ3) is 4.01. The Labute approximate surface area is 207 Å². The molecule has 2 N–H and O–H groups in total. The second-order valence-corrected chi connectivity index (χ2v) is 10.3. The molecular formula is C25H26N8OS. The van der Waals surface area contributed by atoms with Crippen LogP contribution in [0.2, 0.25) is 0 Å². The van der Waals surface area contributed by atoms with Crippen LogP contribution in [0.15, 0.2) is 53.6 Å². The quantitative estimate of drug-likeness (QED) is 0.428. The molecule has 1 aliphatic carbocycles. The van der Waals surface area contributed by atoms with Gasteiger partial charge in [-0.15, -0.1) is 0 Å². The van der Waals surface area contributed by atoms with Crippen molar-refractivity contribution in [2.75, 3.05) is 30.0 Å². The summed E-state index contributed by atoms with van der Waals surface area (Å²) in [7, 11) is 0. The van der Waals surface area contributed by atoms with Crippen molar-refractivity contribution in [2.45, 2.75) is 36.3 Å². The summed E-state index contributed by atoms with van der Waals surface area (Å²) in [6.07, 6.45) is 13.5. The molecule has 0 bridgehead atoms. The highest BCUT2D eigenvalue weighted by Gasteiger charge is 2.45. The maximum Gasteiger partial charge on any atom is 0.259 e. The smallest absolute Gasteiger partial charge is 0.259 e. The van der Waals surface area contributed by atoms with Gasteiger partial charge in [-0.3, -0.25) is 4.98 Å². The first kappa shape index (κ1) is 22.0. The van der Waals surface area contributed by atoms with Crippen molar-refractivity contribution in [1.82, 2.24) is 30.1 Å². The minimum Gasteiger partial charge on any atom is -0.368 e. The maximum atomic E-state index is 5.69. The fraction of sp³-hybridized carbons (Fsp3) is 0.360. The van der Waals surface area contributed by atoms with Gasteiger partial charge in [-0.25, -0.2) is 15.0 Å². The number of pyridine rings is 2. The number of aromatic nitrogens is 6. The summed E-state index contributed by atoms with van der Waals surface area (Å²) in [6, 6.07) is 8.13. The van der Waals surface area contributed by atoms with Crippen LogP contribution in [0.1, 0.15) is 37.1 Å². The number of hydrogen-bond donors (Lipinski definition) is 1. The third-order valence-electron chi connectivity index (χ3n) is 7.14. The number of thioether (sulfide) groups is 1. The molecule has 1 unspecified atom stereocenters. The van der Waals surface area contributed by atoms with E-state index in [4.69, 9.17) is 15.2 Å². The Morgan fingerprint density at radius 2 is 1.83 bits per heavy atom. The molecule has 4 aromatic heterocycles. The van der Waals surface area contributed by atoms with Crippen LogP contribution in [0.4, 0.5) is 11.8 Å². The summed E-state index contributed by atoms with van der Waals surface area (Å²) in [6.45, 7) is 2.09. The summed E-state index contributed by atoms with van der Waals surface area (Å²) in [5.74, 6) is 2.45. The Hall–Kier alpha value is -3.53. The van der Waals surface area contributed by atoms with Crippen molar-refractivity contribution in [2.24, 2.45) is 0 Å². The monoisotopic (exact) mass is 486 g/mol. The van der Waals surface area contributed by atoms with Gasteiger partial charge in [-0.2, -0.15) is 16.7 Å². The molecule has 10 heteroatoms. The van der Waals surface area contributed by atoms with Gasteiger partial charge in [-0.1, -0.05) is 17.6 Å². The van der Waals surface area contributed by atoms with Crippen LogP contribution in [0.3, 0.4) is 0 Å². The molecule has 0 aromatic carbocycles. The number of anilines is 2. The Kier molecular flexibility index (Phi) is 5.60. The van der Waals surface area contributed by atoms with E-state index < -0.39 is 0 Å². The molecule has 1 aliphatic heterocycles. The van der Waals surface area contributed by atoms with Gasteiger partial charge in [0.25, 0.3) is 5.89 Å². The summed E-state index contributed by atoms with van der Waals surface area (Å²) >= 11 is 1.92. The highest BCUT2D eigenvalue weighted by Crippen LogP contribution is 2.48. The van der Waals surface area contributed by atoms with Crippen LogP contribution in [0, 0.1) is 0 Å². The van der Waals surface area contributed by atoms with Crippen molar-refractivity contribution < 1.29 is 4.52 Å². The second kappa shape index (κ2) is 8.92. The number of nitrogen functional groups attached to an aromatic ring is 1. The van der Waals surface area contributed by atoms with E-state index in [-0.39, 0.29) is 11.4 Å². The number of nitrogens with zero attached hydrogens (tertiary/aromatic N) is 7. The third-order valence-corrected chi connectivity index (χ3v) is 8.19. The Morgan fingerprint density at radius 3 is 2.46 bits per heavy atom. The van der Waals surface area contributed by atoms with Crippen molar-refractivity contribution in [3.63, 3.8) is 0 Å². The molecule has 0 spiro atoms. The van der Waals surface area contributed by atoms with Gasteiger partial charge in [0.05, 0.1) is 16.7 Å². The number of rotatable bonds is 6. The summed E-state index contributed by atoms with van der Waals surface area (Å²) in [5.41, 5.74) is 8.85. The van der Waals surface area contributed by atoms with Crippen LogP contribution < -0.4 is 10.6 Å². The molecule has 0 radical (unpaired) electrons. The summed E-state index contributed by atoms with van der Waals surface area (Å²) in [5, 5.41) is 5.06. The Bertz CT molecular complexity index is 1300. The molecular weight excluding hydrogens is 460 g/mol. The highest BCUT2D eigenvalue weighted by atomic mass is 32.2. The normalized spacial score (nSPS) is 19.0. The predicted octanol–water partition coefficient (Wildman–Crippen LogP) is 3.98. The van der Waals surface area contributed by atoms with Crippen LogP contribution >= 0.6 is 11.8 Å². The molecule has 2 aliphatic rings. The maximum absolute atomic E-state index is 5.69. The van der Waals surface area contributed by atoms with Gasteiger partial charge in [0.15, 0.2) is 5.82 Å². The van der Waals surface area contributed by atoms with E-state index >= 15 is 0 Å². The van der Waals surface area contributed by atoms with Crippen molar-refractivity contribution in [3.8, 4) is 22.7 Å². The minimum atomic E-state index is -0.277. The van der Waals surface area contributed by atoms with E-state index in [1.54, 1.807) is 12.4 Å². The second-order valence-electron chi connectivity index (χ2n) is 9.12. The summed E-state index contributed by atoms with van der Waals surface area (Å²) < 4.78 is 5.69. The molecule has 0 amide bonds. The van der Waals surface area contributed by atoms with E-state index in [9.17, 15) is 0 Å². The van der Waals surface area contributed by atoms with Crippen molar-refractivity contribution >= 4 is 23.5 Å². The van der Waals surface area contributed by atoms with Gasteiger partial charge < -0.3 is 15.2 Å². The first-order chi connectivity index (χ1) is 17.1. The standard InChI is InChI=1S/C25H26N8OS/c1-35-19-7-10-33(15-19)21-6-3-16(11-28-21)22-31-23(32-34-22)25(8-2-9-25)18-4-5-20(27-14-18)17-12-29-24(26)30-13-17/h3-6,11-14,19H,2,7-10,15H2,1H3,(H2,26,29,30). The first-order valence-corrected chi connectivity index (χ1v) is 13.1. The minimum absolute atomic E-state index is 0.247. The zero-order valence-corrected chi connectivity index (χ0v) is 20.3. The molecule has 2 fully saturated rings. The highest BCUT2D eigenvalue weighted by molar-refractivity contribution is 7.99. The zero-order chi connectivity index (χ0) is 23.8. The van der Waals surface area contributed by atoms with Crippen LogP contribution in [-0.2, 0) is 5.41 Å². The van der Waals surface area contributed by atoms with Crippen LogP contribution in [0.5, 0.6) is 0 Å². The van der Waals surface area contributed by atoms with Crippen LogP contribution in [-0.4, -0.2) is 54.7 Å². The Balaban J connectivity index is 1.22. The van der Waals surface area contributed by atoms with E-state index in [0.29, 0.717) is 17.0 Å². The average Bonchev–Trinajstić information content (AvgIpc) is 3.55. The Morgan fingerprint density at radius 1 is 1.00 bits per heavy atom. The largest absolute Gasteiger partial charge is 0.368 e. The molecule has 4 aromatic rings. The SMILES string of the molecule is CSC1CCN(c2ccc(-c3nc(C4(c5ccc(-c6cnc(N)nc6)nc5)CCC4)no3)cn2)C1. The fourth-order valence-corrected chi connectivity index (χ4v) is 5.52.